The number of nitriles is 1. The summed E-state index contributed by atoms with van der Waals surface area (Å²) in [6, 6.07) is 13.0. The normalized spacial score (nSPS) is 18.6. The lowest BCUT2D eigenvalue weighted by molar-refractivity contribution is -0.137. The zero-order valence-electron chi connectivity index (χ0n) is 16.5. The van der Waals surface area contributed by atoms with E-state index in [2.05, 4.69) is 0 Å². The molecule has 31 heavy (non-hydrogen) atoms. The van der Waals surface area contributed by atoms with Gasteiger partial charge in [0, 0.05) is 10.8 Å². The van der Waals surface area contributed by atoms with Crippen LogP contribution in [0.25, 0.3) is 0 Å². The average molecular weight is 463 g/mol. The SMILES string of the molecule is Cc1ccc(S(=O)(=O)N2c3ccc(C#N)cc3C(c3sccc3C(F)(F)F)C2C)cc1. The monoisotopic (exact) mass is 462 g/mol. The topological polar surface area (TPSA) is 61.2 Å². The Morgan fingerprint density at radius 1 is 1.10 bits per heavy atom. The molecule has 0 saturated carbocycles. The average Bonchev–Trinajstić information content (AvgIpc) is 3.29. The van der Waals surface area contributed by atoms with Crippen LogP contribution in [-0.2, 0) is 16.2 Å². The van der Waals surface area contributed by atoms with E-state index in [-0.39, 0.29) is 15.3 Å². The molecule has 0 fully saturated rings. The number of nitrogens with zero attached hydrogens (tertiary/aromatic N) is 2. The van der Waals surface area contributed by atoms with E-state index in [9.17, 15) is 26.9 Å². The number of hydrogen-bond donors (Lipinski definition) is 0. The summed E-state index contributed by atoms with van der Waals surface area (Å²) in [4.78, 5) is 0.0982. The standard InChI is InChI=1S/C22H17F3N2O2S2/c1-13-3-6-16(7-4-13)31(28,29)27-14(2)20(17-11-15(12-26)5-8-19(17)27)21-18(9-10-30-21)22(23,24)25/h3-11,14,20H,1-2H3. The van der Waals surface area contributed by atoms with Crippen LogP contribution in [0.2, 0.25) is 0 Å². The van der Waals surface area contributed by atoms with Crippen molar-refractivity contribution in [2.75, 3.05) is 4.31 Å². The summed E-state index contributed by atoms with van der Waals surface area (Å²) in [7, 11) is -4.04. The molecule has 2 unspecified atom stereocenters. The molecule has 0 saturated heterocycles. The van der Waals surface area contributed by atoms with Gasteiger partial charge in [0.1, 0.15) is 0 Å². The third kappa shape index (κ3) is 3.50. The first-order valence-electron chi connectivity index (χ1n) is 9.35. The zero-order chi connectivity index (χ0) is 22.6. The molecule has 160 valence electrons. The zero-order valence-corrected chi connectivity index (χ0v) is 18.1. The van der Waals surface area contributed by atoms with Crippen molar-refractivity contribution in [3.05, 3.63) is 81.0 Å². The van der Waals surface area contributed by atoms with Crippen LogP contribution in [0.3, 0.4) is 0 Å². The molecular formula is C22H17F3N2O2S2. The van der Waals surface area contributed by atoms with Crippen LogP contribution in [0.1, 0.15) is 40.0 Å². The second-order valence-corrected chi connectivity index (χ2v) is 10.2. The fourth-order valence-electron chi connectivity index (χ4n) is 4.02. The van der Waals surface area contributed by atoms with Crippen LogP contribution >= 0.6 is 11.3 Å². The molecule has 4 rings (SSSR count). The van der Waals surface area contributed by atoms with Gasteiger partial charge in [-0.15, -0.1) is 11.3 Å². The van der Waals surface area contributed by atoms with Crippen molar-refractivity contribution in [3.8, 4) is 6.07 Å². The number of rotatable bonds is 3. The lowest BCUT2D eigenvalue weighted by Gasteiger charge is -2.27. The molecule has 1 aliphatic heterocycles. The van der Waals surface area contributed by atoms with Crippen LogP contribution in [0.15, 0.2) is 58.8 Å². The lowest BCUT2D eigenvalue weighted by atomic mass is 9.91. The van der Waals surface area contributed by atoms with E-state index in [1.807, 2.05) is 13.0 Å². The number of fused-ring (bicyclic) bond motifs is 1. The Morgan fingerprint density at radius 2 is 1.77 bits per heavy atom. The first-order chi connectivity index (χ1) is 14.6. The van der Waals surface area contributed by atoms with Crippen LogP contribution < -0.4 is 4.31 Å². The summed E-state index contributed by atoms with van der Waals surface area (Å²) < 4.78 is 69.1. The summed E-state index contributed by atoms with van der Waals surface area (Å²) in [5.41, 5.74) is 1.06. The van der Waals surface area contributed by atoms with E-state index in [1.54, 1.807) is 19.1 Å². The largest absolute Gasteiger partial charge is 0.417 e. The van der Waals surface area contributed by atoms with Crippen molar-refractivity contribution >= 4 is 27.0 Å². The minimum absolute atomic E-state index is 0.0398. The van der Waals surface area contributed by atoms with Crippen molar-refractivity contribution in [1.29, 1.82) is 5.26 Å². The van der Waals surface area contributed by atoms with Gasteiger partial charge in [-0.3, -0.25) is 4.31 Å². The van der Waals surface area contributed by atoms with Gasteiger partial charge >= 0.3 is 6.18 Å². The molecule has 0 amide bonds. The summed E-state index contributed by atoms with van der Waals surface area (Å²) in [6.07, 6.45) is -4.56. The fourth-order valence-corrected chi connectivity index (χ4v) is 6.84. The van der Waals surface area contributed by atoms with Crippen LogP contribution in [-0.4, -0.2) is 14.5 Å². The highest BCUT2D eigenvalue weighted by molar-refractivity contribution is 7.92. The molecular weight excluding hydrogens is 445 g/mol. The van der Waals surface area contributed by atoms with Crippen molar-refractivity contribution in [2.24, 2.45) is 0 Å². The second kappa shape index (κ2) is 7.39. The Kier molecular flexibility index (Phi) is 5.10. The van der Waals surface area contributed by atoms with Gasteiger partial charge in [0.2, 0.25) is 0 Å². The quantitative estimate of drug-likeness (QED) is 0.503. The van der Waals surface area contributed by atoms with Gasteiger partial charge in [-0.1, -0.05) is 17.7 Å². The number of halogens is 3. The van der Waals surface area contributed by atoms with Crippen molar-refractivity contribution in [1.82, 2.24) is 0 Å². The summed E-state index contributed by atoms with van der Waals surface area (Å²) in [5, 5.41) is 10.7. The van der Waals surface area contributed by atoms with E-state index < -0.39 is 33.7 Å². The molecule has 1 aliphatic rings. The maximum absolute atomic E-state index is 13.6. The molecule has 0 aliphatic carbocycles. The van der Waals surface area contributed by atoms with Crippen LogP contribution in [0.4, 0.5) is 18.9 Å². The first kappa shape index (κ1) is 21.4. The molecule has 0 spiro atoms. The fraction of sp³-hybridized carbons (Fsp3) is 0.227. The van der Waals surface area contributed by atoms with Gasteiger partial charge in [-0.2, -0.15) is 18.4 Å². The van der Waals surface area contributed by atoms with Gasteiger partial charge in [0.15, 0.2) is 0 Å². The Labute approximate surface area is 182 Å². The number of sulfonamides is 1. The molecule has 0 N–H and O–H groups in total. The smallest absolute Gasteiger partial charge is 0.262 e. The maximum atomic E-state index is 13.6. The van der Waals surface area contributed by atoms with E-state index in [1.165, 1.54) is 40.0 Å². The molecule has 0 radical (unpaired) electrons. The highest BCUT2D eigenvalue weighted by atomic mass is 32.2. The number of aryl methyl sites for hydroxylation is 1. The predicted octanol–water partition coefficient (Wildman–Crippen LogP) is 5.68. The summed E-state index contributed by atoms with van der Waals surface area (Å²) in [6.45, 7) is 3.43. The minimum atomic E-state index is -4.56. The molecule has 3 aromatic rings. The highest BCUT2D eigenvalue weighted by Gasteiger charge is 2.47. The lowest BCUT2D eigenvalue weighted by Crippen LogP contribution is -2.37. The summed E-state index contributed by atoms with van der Waals surface area (Å²) >= 11 is 0.941. The van der Waals surface area contributed by atoms with Crippen LogP contribution in [0.5, 0.6) is 0 Å². The molecule has 2 atom stereocenters. The Hall–Kier alpha value is -2.83. The first-order valence-corrected chi connectivity index (χ1v) is 11.7. The molecule has 4 nitrogen and oxygen atoms in total. The van der Waals surface area contributed by atoms with Crippen molar-refractivity contribution in [2.45, 2.75) is 36.9 Å². The van der Waals surface area contributed by atoms with Crippen molar-refractivity contribution < 1.29 is 21.6 Å². The second-order valence-electron chi connectivity index (χ2n) is 7.41. The number of anilines is 1. The predicted molar refractivity (Wildman–Crippen MR) is 113 cm³/mol. The molecule has 9 heteroatoms. The molecule has 2 aromatic carbocycles. The van der Waals surface area contributed by atoms with E-state index in [0.29, 0.717) is 11.3 Å². The van der Waals surface area contributed by atoms with Gasteiger partial charge in [-0.25, -0.2) is 8.42 Å². The van der Waals surface area contributed by atoms with E-state index >= 15 is 0 Å². The third-order valence-corrected chi connectivity index (χ3v) is 8.36. The van der Waals surface area contributed by atoms with Crippen LogP contribution in [0, 0.1) is 18.3 Å². The van der Waals surface area contributed by atoms with Gasteiger partial charge < -0.3 is 0 Å². The number of thiophene rings is 1. The minimum Gasteiger partial charge on any atom is -0.262 e. The Morgan fingerprint density at radius 3 is 2.39 bits per heavy atom. The molecule has 1 aromatic heterocycles. The maximum Gasteiger partial charge on any atom is 0.417 e. The Balaban J connectivity index is 1.93. The molecule has 2 heterocycles. The third-order valence-electron chi connectivity index (χ3n) is 5.44. The van der Waals surface area contributed by atoms with E-state index in [0.717, 1.165) is 23.0 Å². The molecule has 0 bridgehead atoms. The van der Waals surface area contributed by atoms with Gasteiger partial charge in [0.25, 0.3) is 10.0 Å². The number of benzene rings is 2. The highest BCUT2D eigenvalue weighted by Crippen LogP contribution is 2.51. The van der Waals surface area contributed by atoms with Gasteiger partial charge in [-0.05, 0) is 61.2 Å². The Bertz CT molecular complexity index is 1290. The van der Waals surface area contributed by atoms with E-state index in [4.69, 9.17) is 0 Å². The summed E-state index contributed by atoms with van der Waals surface area (Å²) in [5.74, 6) is -0.847. The number of alkyl halides is 3. The number of hydrogen-bond acceptors (Lipinski definition) is 4. The van der Waals surface area contributed by atoms with Gasteiger partial charge in [0.05, 0.1) is 33.8 Å². The van der Waals surface area contributed by atoms with Crippen molar-refractivity contribution in [3.63, 3.8) is 0 Å².